The van der Waals surface area contributed by atoms with E-state index in [9.17, 15) is 9.18 Å². The fourth-order valence-electron chi connectivity index (χ4n) is 2.08. The van der Waals surface area contributed by atoms with Gasteiger partial charge in [0.25, 0.3) is 5.91 Å². The zero-order valence-corrected chi connectivity index (χ0v) is 10.7. The monoisotopic (exact) mass is 262 g/mol. The molecule has 6 heteroatoms. The summed E-state index contributed by atoms with van der Waals surface area (Å²) in [5.74, 6) is -0.911. The maximum absolute atomic E-state index is 13.0. The van der Waals surface area contributed by atoms with Crippen molar-refractivity contribution in [1.29, 1.82) is 5.26 Å². The summed E-state index contributed by atoms with van der Waals surface area (Å²) in [6, 6.07) is 6.23. The fourth-order valence-corrected chi connectivity index (χ4v) is 2.08. The molecule has 0 saturated carbocycles. The first-order valence-corrected chi connectivity index (χ1v) is 6.17. The Morgan fingerprint density at radius 3 is 2.68 bits per heavy atom. The van der Waals surface area contributed by atoms with E-state index in [2.05, 4.69) is 11.1 Å². The number of amides is 1. The Morgan fingerprint density at radius 2 is 2.11 bits per heavy atom. The van der Waals surface area contributed by atoms with Gasteiger partial charge in [0.15, 0.2) is 0 Å². The molecule has 19 heavy (non-hydrogen) atoms. The fraction of sp³-hybridized carbons (Fsp3) is 0.462. The molecule has 1 aliphatic heterocycles. The van der Waals surface area contributed by atoms with Crippen molar-refractivity contribution >= 4 is 5.91 Å². The molecule has 1 aliphatic rings. The van der Waals surface area contributed by atoms with Crippen molar-refractivity contribution in [2.45, 2.75) is 13.0 Å². The number of aromatic nitrogens is 1. The molecule has 5 nitrogen and oxygen atoms in total. The van der Waals surface area contributed by atoms with Gasteiger partial charge in [-0.3, -0.25) is 9.69 Å². The third-order valence-corrected chi connectivity index (χ3v) is 3.27. The van der Waals surface area contributed by atoms with Crippen molar-refractivity contribution in [1.82, 2.24) is 14.8 Å². The summed E-state index contributed by atoms with van der Waals surface area (Å²) in [5, 5.41) is 8.85. The molecule has 0 N–H and O–H groups in total. The predicted molar refractivity (Wildman–Crippen MR) is 66.7 cm³/mol. The lowest BCUT2D eigenvalue weighted by Crippen LogP contribution is -2.51. The SMILES string of the molecule is CC(C#N)N1CCN(C(=O)c2cccc(F)n2)CC1. The second-order valence-corrected chi connectivity index (χ2v) is 4.48. The lowest BCUT2D eigenvalue weighted by Gasteiger charge is -2.35. The van der Waals surface area contributed by atoms with Gasteiger partial charge in [0.05, 0.1) is 12.1 Å². The molecule has 0 aliphatic carbocycles. The summed E-state index contributed by atoms with van der Waals surface area (Å²) in [6.07, 6.45) is 0. The molecule has 1 amide bonds. The molecule has 100 valence electrons. The van der Waals surface area contributed by atoms with Crippen molar-refractivity contribution < 1.29 is 9.18 Å². The first-order chi connectivity index (χ1) is 9.11. The van der Waals surface area contributed by atoms with Crippen LogP contribution in [0.5, 0.6) is 0 Å². The van der Waals surface area contributed by atoms with Crippen LogP contribution in [0.2, 0.25) is 0 Å². The Hall–Kier alpha value is -2.00. The number of carbonyl (C=O) groups is 1. The number of hydrogen-bond acceptors (Lipinski definition) is 4. The minimum Gasteiger partial charge on any atom is -0.335 e. The molecule has 0 spiro atoms. The highest BCUT2D eigenvalue weighted by atomic mass is 19.1. The Kier molecular flexibility index (Phi) is 4.07. The quantitative estimate of drug-likeness (QED) is 0.743. The highest BCUT2D eigenvalue weighted by Gasteiger charge is 2.25. The number of hydrogen-bond donors (Lipinski definition) is 0. The van der Waals surface area contributed by atoms with Crippen LogP contribution in [-0.4, -0.2) is 52.9 Å². The summed E-state index contributed by atoms with van der Waals surface area (Å²) in [6.45, 7) is 4.20. The normalized spacial score (nSPS) is 17.8. The molecular formula is C13H15FN4O. The van der Waals surface area contributed by atoms with E-state index < -0.39 is 5.95 Å². The average Bonchev–Trinajstić information content (AvgIpc) is 2.46. The third-order valence-electron chi connectivity index (χ3n) is 3.27. The van der Waals surface area contributed by atoms with E-state index in [4.69, 9.17) is 5.26 Å². The lowest BCUT2D eigenvalue weighted by atomic mass is 10.2. The van der Waals surface area contributed by atoms with Gasteiger partial charge in [-0.15, -0.1) is 0 Å². The highest BCUT2D eigenvalue weighted by molar-refractivity contribution is 5.92. The van der Waals surface area contributed by atoms with Crippen molar-refractivity contribution in [2.75, 3.05) is 26.2 Å². The summed E-state index contributed by atoms with van der Waals surface area (Å²) in [7, 11) is 0. The maximum atomic E-state index is 13.0. The highest BCUT2D eigenvalue weighted by Crippen LogP contribution is 2.09. The van der Waals surface area contributed by atoms with E-state index in [1.807, 2.05) is 11.8 Å². The number of nitriles is 1. The molecule has 2 rings (SSSR count). The number of halogens is 1. The Morgan fingerprint density at radius 1 is 1.42 bits per heavy atom. The Bertz CT molecular complexity index is 506. The minimum atomic E-state index is -0.650. The van der Waals surface area contributed by atoms with Gasteiger partial charge in [-0.05, 0) is 19.1 Å². The Labute approximate surface area is 111 Å². The first kappa shape index (κ1) is 13.4. The van der Waals surface area contributed by atoms with Gasteiger partial charge in [-0.1, -0.05) is 6.07 Å². The van der Waals surface area contributed by atoms with Crippen LogP contribution < -0.4 is 0 Å². The Balaban J connectivity index is 1.98. The topological polar surface area (TPSA) is 60.2 Å². The molecule has 1 atom stereocenters. The zero-order chi connectivity index (χ0) is 13.8. The molecule has 1 unspecified atom stereocenters. The molecule has 0 radical (unpaired) electrons. The van der Waals surface area contributed by atoms with Crippen molar-refractivity contribution in [3.05, 3.63) is 29.8 Å². The number of piperazine rings is 1. The van der Waals surface area contributed by atoms with Crippen LogP contribution in [-0.2, 0) is 0 Å². The van der Waals surface area contributed by atoms with E-state index in [1.165, 1.54) is 18.2 Å². The summed E-state index contributed by atoms with van der Waals surface area (Å²) < 4.78 is 13.0. The van der Waals surface area contributed by atoms with E-state index in [-0.39, 0.29) is 17.6 Å². The van der Waals surface area contributed by atoms with Crippen molar-refractivity contribution in [2.24, 2.45) is 0 Å². The van der Waals surface area contributed by atoms with Crippen molar-refractivity contribution in [3.63, 3.8) is 0 Å². The second-order valence-electron chi connectivity index (χ2n) is 4.48. The van der Waals surface area contributed by atoms with Gasteiger partial charge in [0, 0.05) is 26.2 Å². The summed E-state index contributed by atoms with van der Waals surface area (Å²) in [4.78, 5) is 19.4. The van der Waals surface area contributed by atoms with E-state index >= 15 is 0 Å². The minimum absolute atomic E-state index is 0.127. The molecular weight excluding hydrogens is 247 g/mol. The molecule has 1 fully saturated rings. The van der Waals surface area contributed by atoms with Crippen LogP contribution in [0.15, 0.2) is 18.2 Å². The van der Waals surface area contributed by atoms with Gasteiger partial charge in [-0.25, -0.2) is 4.98 Å². The third kappa shape index (κ3) is 3.06. The van der Waals surface area contributed by atoms with Gasteiger partial charge < -0.3 is 4.90 Å². The van der Waals surface area contributed by atoms with Crippen LogP contribution in [0.4, 0.5) is 4.39 Å². The summed E-state index contributed by atoms with van der Waals surface area (Å²) >= 11 is 0. The molecule has 2 heterocycles. The molecule has 1 aromatic heterocycles. The standard InChI is InChI=1S/C13H15FN4O/c1-10(9-15)17-5-7-18(8-6-17)13(19)11-3-2-4-12(14)16-11/h2-4,10H,5-8H2,1H3. The van der Waals surface area contributed by atoms with E-state index in [1.54, 1.807) is 4.90 Å². The van der Waals surface area contributed by atoms with Crippen molar-refractivity contribution in [3.8, 4) is 6.07 Å². The summed E-state index contributed by atoms with van der Waals surface area (Å²) in [5.41, 5.74) is 0.127. The van der Waals surface area contributed by atoms with Crippen LogP contribution in [0.1, 0.15) is 17.4 Å². The molecule has 1 aromatic rings. The number of pyridine rings is 1. The zero-order valence-electron chi connectivity index (χ0n) is 10.7. The van der Waals surface area contributed by atoms with Crippen LogP contribution >= 0.6 is 0 Å². The largest absolute Gasteiger partial charge is 0.335 e. The van der Waals surface area contributed by atoms with Gasteiger partial charge >= 0.3 is 0 Å². The van der Waals surface area contributed by atoms with Gasteiger partial charge in [0.2, 0.25) is 5.95 Å². The molecule has 0 aromatic carbocycles. The van der Waals surface area contributed by atoms with E-state index in [0.717, 1.165) is 0 Å². The average molecular weight is 262 g/mol. The predicted octanol–water partition coefficient (Wildman–Crippen LogP) is 0.891. The van der Waals surface area contributed by atoms with Gasteiger partial charge in [-0.2, -0.15) is 9.65 Å². The molecule has 0 bridgehead atoms. The maximum Gasteiger partial charge on any atom is 0.272 e. The number of nitrogens with zero attached hydrogens (tertiary/aromatic N) is 4. The van der Waals surface area contributed by atoms with Crippen LogP contribution in [0.3, 0.4) is 0 Å². The smallest absolute Gasteiger partial charge is 0.272 e. The lowest BCUT2D eigenvalue weighted by molar-refractivity contribution is 0.0609. The first-order valence-electron chi connectivity index (χ1n) is 6.17. The van der Waals surface area contributed by atoms with Crippen LogP contribution in [0, 0.1) is 17.3 Å². The van der Waals surface area contributed by atoms with Gasteiger partial charge in [0.1, 0.15) is 5.69 Å². The number of rotatable bonds is 2. The second kappa shape index (κ2) is 5.76. The van der Waals surface area contributed by atoms with Crippen LogP contribution in [0.25, 0.3) is 0 Å². The number of carbonyl (C=O) groups excluding carboxylic acids is 1. The molecule has 1 saturated heterocycles. The van der Waals surface area contributed by atoms with E-state index in [0.29, 0.717) is 26.2 Å².